The zero-order valence-corrected chi connectivity index (χ0v) is 12.9. The lowest BCUT2D eigenvalue weighted by Crippen LogP contribution is -2.14. The molecule has 0 saturated carbocycles. The summed E-state index contributed by atoms with van der Waals surface area (Å²) in [6.45, 7) is 3.67. The first-order valence-corrected chi connectivity index (χ1v) is 8.00. The first kappa shape index (κ1) is 15.2. The monoisotopic (exact) mass is 310 g/mol. The Balaban J connectivity index is 2.61. The molecular formula is C12H18N6O2S. The molecule has 0 saturated heterocycles. The second-order valence-electron chi connectivity index (χ2n) is 5.22. The molecular weight excluding hydrogens is 292 g/mol. The van der Waals surface area contributed by atoms with E-state index in [4.69, 9.17) is 11.5 Å². The third kappa shape index (κ3) is 3.13. The first-order valence-electron chi connectivity index (χ1n) is 6.35. The molecule has 0 unspecified atom stereocenters. The Bertz CT molecular complexity index is 766. The predicted molar refractivity (Wildman–Crippen MR) is 79.9 cm³/mol. The maximum atomic E-state index is 12.4. The average Bonchev–Trinajstić information content (AvgIpc) is 2.70. The van der Waals surface area contributed by atoms with Gasteiger partial charge in [0.05, 0.1) is 5.75 Å². The van der Waals surface area contributed by atoms with Crippen molar-refractivity contribution in [3.8, 4) is 11.1 Å². The second kappa shape index (κ2) is 5.32. The molecule has 8 nitrogen and oxygen atoms in total. The summed E-state index contributed by atoms with van der Waals surface area (Å²) < 4.78 is 26.3. The van der Waals surface area contributed by atoms with E-state index >= 15 is 0 Å². The Morgan fingerprint density at radius 3 is 2.52 bits per heavy atom. The molecule has 0 aliphatic heterocycles. The van der Waals surface area contributed by atoms with Gasteiger partial charge in [-0.3, -0.25) is 4.68 Å². The molecule has 2 heterocycles. The summed E-state index contributed by atoms with van der Waals surface area (Å²) in [6, 6.07) is 0. The van der Waals surface area contributed by atoms with Crippen molar-refractivity contribution in [2.45, 2.75) is 18.9 Å². The predicted octanol–water partition coefficient (Wildman–Crippen LogP) is 0.471. The van der Waals surface area contributed by atoms with Crippen molar-refractivity contribution in [3.05, 3.63) is 12.4 Å². The van der Waals surface area contributed by atoms with Crippen LogP contribution in [0.4, 0.5) is 11.8 Å². The highest BCUT2D eigenvalue weighted by atomic mass is 32.2. The molecule has 0 radical (unpaired) electrons. The van der Waals surface area contributed by atoms with E-state index in [0.717, 1.165) is 0 Å². The molecule has 114 valence electrons. The van der Waals surface area contributed by atoms with Crippen LogP contribution in [0.25, 0.3) is 11.1 Å². The van der Waals surface area contributed by atoms with Crippen molar-refractivity contribution in [1.82, 2.24) is 19.7 Å². The molecule has 0 amide bonds. The molecule has 9 heteroatoms. The highest BCUT2D eigenvalue weighted by Crippen LogP contribution is 2.30. The van der Waals surface area contributed by atoms with Crippen LogP contribution in [0, 0.1) is 5.92 Å². The number of nitrogens with two attached hydrogens (primary N) is 2. The fourth-order valence-electron chi connectivity index (χ4n) is 2.02. The number of hydrogen-bond acceptors (Lipinski definition) is 7. The summed E-state index contributed by atoms with van der Waals surface area (Å²) in [5.74, 6) is 0.153. The number of sulfone groups is 1. The van der Waals surface area contributed by atoms with Crippen molar-refractivity contribution in [3.63, 3.8) is 0 Å². The van der Waals surface area contributed by atoms with Crippen LogP contribution in [0.15, 0.2) is 17.4 Å². The van der Waals surface area contributed by atoms with Crippen LogP contribution in [-0.4, -0.2) is 33.9 Å². The van der Waals surface area contributed by atoms with Gasteiger partial charge in [-0.15, -0.1) is 0 Å². The van der Waals surface area contributed by atoms with Gasteiger partial charge in [0.2, 0.25) is 5.95 Å². The van der Waals surface area contributed by atoms with Crippen LogP contribution in [0.2, 0.25) is 0 Å². The van der Waals surface area contributed by atoms with Crippen molar-refractivity contribution >= 4 is 21.6 Å². The van der Waals surface area contributed by atoms with Crippen LogP contribution in [0.1, 0.15) is 13.8 Å². The Hall–Kier alpha value is -2.16. The molecule has 0 aliphatic carbocycles. The number of rotatable bonds is 4. The molecule has 0 aromatic carbocycles. The summed E-state index contributed by atoms with van der Waals surface area (Å²) >= 11 is 0. The van der Waals surface area contributed by atoms with Gasteiger partial charge in [-0.05, 0) is 5.92 Å². The van der Waals surface area contributed by atoms with E-state index in [9.17, 15) is 8.42 Å². The standard InChI is InChI=1S/C12H18N6O2S/c1-7(2)6-21(19,20)11-9(5-18(3)17-11)8-4-15-12(14)16-10(8)13/h4-5,7H,6H2,1-3H3,(H4,13,14,15,16). The second-order valence-corrected chi connectivity index (χ2v) is 7.17. The third-order valence-corrected chi connectivity index (χ3v) is 4.77. The molecule has 2 rings (SSSR count). The maximum Gasteiger partial charge on any atom is 0.221 e. The van der Waals surface area contributed by atoms with Crippen molar-refractivity contribution in [2.75, 3.05) is 17.2 Å². The van der Waals surface area contributed by atoms with Gasteiger partial charge >= 0.3 is 0 Å². The molecule has 4 N–H and O–H groups in total. The van der Waals surface area contributed by atoms with E-state index in [0.29, 0.717) is 11.1 Å². The zero-order chi connectivity index (χ0) is 15.8. The van der Waals surface area contributed by atoms with Crippen molar-refractivity contribution in [1.29, 1.82) is 0 Å². The molecule has 21 heavy (non-hydrogen) atoms. The van der Waals surface area contributed by atoms with Gasteiger partial charge in [0.15, 0.2) is 14.9 Å². The minimum atomic E-state index is -3.52. The summed E-state index contributed by atoms with van der Waals surface area (Å²) in [6.07, 6.45) is 2.99. The minimum Gasteiger partial charge on any atom is -0.383 e. The van der Waals surface area contributed by atoms with E-state index in [-0.39, 0.29) is 28.5 Å². The van der Waals surface area contributed by atoms with E-state index in [1.807, 2.05) is 13.8 Å². The average molecular weight is 310 g/mol. The van der Waals surface area contributed by atoms with Crippen LogP contribution in [-0.2, 0) is 16.9 Å². The molecule has 0 atom stereocenters. The van der Waals surface area contributed by atoms with Crippen molar-refractivity contribution < 1.29 is 8.42 Å². The largest absolute Gasteiger partial charge is 0.383 e. The fourth-order valence-corrected chi connectivity index (χ4v) is 3.80. The summed E-state index contributed by atoms with van der Waals surface area (Å²) in [7, 11) is -1.87. The van der Waals surface area contributed by atoms with E-state index in [1.165, 1.54) is 10.9 Å². The van der Waals surface area contributed by atoms with Crippen molar-refractivity contribution in [2.24, 2.45) is 13.0 Å². The Morgan fingerprint density at radius 1 is 1.29 bits per heavy atom. The van der Waals surface area contributed by atoms with Gasteiger partial charge in [-0.25, -0.2) is 13.4 Å². The van der Waals surface area contributed by atoms with Crippen LogP contribution < -0.4 is 11.5 Å². The smallest absolute Gasteiger partial charge is 0.221 e. The molecule has 0 aliphatic rings. The quantitative estimate of drug-likeness (QED) is 0.839. The summed E-state index contributed by atoms with van der Waals surface area (Å²) in [5, 5.41) is 4.05. The van der Waals surface area contributed by atoms with E-state index in [2.05, 4.69) is 15.1 Å². The molecule has 0 fully saturated rings. The SMILES string of the molecule is CC(C)CS(=O)(=O)c1nn(C)cc1-c1cnc(N)nc1N. The maximum absolute atomic E-state index is 12.4. The Kier molecular flexibility index (Phi) is 3.86. The lowest BCUT2D eigenvalue weighted by Gasteiger charge is -2.08. The van der Waals surface area contributed by atoms with Gasteiger partial charge in [0, 0.05) is 30.6 Å². The van der Waals surface area contributed by atoms with Crippen LogP contribution >= 0.6 is 0 Å². The van der Waals surface area contributed by atoms with Gasteiger partial charge in [0.25, 0.3) is 0 Å². The third-order valence-electron chi connectivity index (χ3n) is 2.77. The molecule has 0 spiro atoms. The van der Waals surface area contributed by atoms with Gasteiger partial charge < -0.3 is 11.5 Å². The number of hydrogen-bond donors (Lipinski definition) is 2. The fraction of sp³-hybridized carbons (Fsp3) is 0.417. The molecule has 2 aromatic heterocycles. The number of anilines is 2. The van der Waals surface area contributed by atoms with Gasteiger partial charge in [0.1, 0.15) is 5.82 Å². The highest BCUT2D eigenvalue weighted by molar-refractivity contribution is 7.91. The zero-order valence-electron chi connectivity index (χ0n) is 12.1. The summed E-state index contributed by atoms with van der Waals surface area (Å²) in [5.41, 5.74) is 12.1. The molecule has 2 aromatic rings. The minimum absolute atomic E-state index is 0.00669. The normalized spacial score (nSPS) is 12.0. The van der Waals surface area contributed by atoms with Crippen LogP contribution in [0.5, 0.6) is 0 Å². The topological polar surface area (TPSA) is 130 Å². The van der Waals surface area contributed by atoms with E-state index < -0.39 is 9.84 Å². The molecule has 0 bridgehead atoms. The number of aryl methyl sites for hydroxylation is 1. The Morgan fingerprint density at radius 2 is 1.95 bits per heavy atom. The van der Waals surface area contributed by atoms with Gasteiger partial charge in [-0.1, -0.05) is 13.8 Å². The lowest BCUT2D eigenvalue weighted by molar-refractivity contribution is 0.575. The number of nitrogens with zero attached hydrogens (tertiary/aromatic N) is 4. The van der Waals surface area contributed by atoms with Gasteiger partial charge in [-0.2, -0.15) is 10.1 Å². The highest BCUT2D eigenvalue weighted by Gasteiger charge is 2.26. The first-order chi connectivity index (χ1) is 9.70. The lowest BCUT2D eigenvalue weighted by atomic mass is 10.2. The summed E-state index contributed by atoms with van der Waals surface area (Å²) in [4.78, 5) is 7.72. The Labute approximate surface area is 123 Å². The van der Waals surface area contributed by atoms with Crippen LogP contribution in [0.3, 0.4) is 0 Å². The number of nitrogen functional groups attached to an aromatic ring is 2. The number of aromatic nitrogens is 4. The van der Waals surface area contributed by atoms with E-state index in [1.54, 1.807) is 13.2 Å².